The Bertz CT molecular complexity index is 1370. The van der Waals surface area contributed by atoms with Gasteiger partial charge in [-0.05, 0) is 42.8 Å². The van der Waals surface area contributed by atoms with E-state index in [0.717, 1.165) is 22.4 Å². The van der Waals surface area contributed by atoms with E-state index in [1.165, 1.54) is 11.8 Å². The molecule has 0 aromatic heterocycles. The maximum Gasteiger partial charge on any atom is 0.323 e. The van der Waals surface area contributed by atoms with Crippen molar-refractivity contribution in [3.8, 4) is 11.8 Å². The fourth-order valence-electron chi connectivity index (χ4n) is 4.70. The molecule has 2 aliphatic heterocycles. The molecule has 1 unspecified atom stereocenters. The summed E-state index contributed by atoms with van der Waals surface area (Å²) in [5.74, 6) is 1.13. The van der Waals surface area contributed by atoms with Gasteiger partial charge in [-0.15, -0.1) is 11.8 Å². The normalized spacial score (nSPS) is 18.5. The summed E-state index contributed by atoms with van der Waals surface area (Å²) in [5.41, 5.74) is 4.63. The molecule has 1 saturated heterocycles. The van der Waals surface area contributed by atoms with Gasteiger partial charge in [0.05, 0.1) is 31.0 Å². The van der Waals surface area contributed by atoms with Crippen molar-refractivity contribution in [3.63, 3.8) is 0 Å². The van der Waals surface area contributed by atoms with Crippen LogP contribution in [-0.2, 0) is 16.2 Å². The average Bonchev–Trinajstić information content (AvgIpc) is 3.41. The molecular formula is C27H24N4O3S. The molecule has 3 aromatic rings. The first-order chi connectivity index (χ1) is 17.0. The fourth-order valence-corrected chi connectivity index (χ4v) is 6.15. The van der Waals surface area contributed by atoms with Crippen molar-refractivity contribution in [3.05, 3.63) is 89.0 Å². The van der Waals surface area contributed by atoms with Gasteiger partial charge in [-0.2, -0.15) is 5.26 Å². The number of urea groups is 1. The van der Waals surface area contributed by atoms with Crippen LogP contribution in [-0.4, -0.2) is 36.2 Å². The lowest BCUT2D eigenvalue weighted by Crippen LogP contribution is -2.51. The van der Waals surface area contributed by atoms with Crippen molar-refractivity contribution in [2.75, 3.05) is 29.6 Å². The number of fused-ring (bicyclic) bond motifs is 2. The molecule has 0 aliphatic carbocycles. The average molecular weight is 485 g/mol. The van der Waals surface area contributed by atoms with Crippen LogP contribution in [0.4, 0.5) is 16.2 Å². The summed E-state index contributed by atoms with van der Waals surface area (Å²) in [7, 11) is 1.57. The molecule has 3 aromatic carbocycles. The number of ether oxygens (including phenoxy) is 1. The van der Waals surface area contributed by atoms with Gasteiger partial charge in [-0.25, -0.2) is 4.79 Å². The smallest absolute Gasteiger partial charge is 0.323 e. The number of rotatable bonds is 4. The molecular weight excluding hydrogens is 460 g/mol. The third-order valence-electron chi connectivity index (χ3n) is 6.31. The number of aryl methyl sites for hydroxylation is 1. The van der Waals surface area contributed by atoms with Gasteiger partial charge in [0.1, 0.15) is 5.75 Å². The maximum absolute atomic E-state index is 14.1. The second kappa shape index (κ2) is 9.01. The largest absolute Gasteiger partial charge is 0.497 e. The first kappa shape index (κ1) is 22.8. The van der Waals surface area contributed by atoms with E-state index in [4.69, 9.17) is 4.74 Å². The lowest BCUT2D eigenvalue weighted by molar-refractivity contribution is -0.123. The van der Waals surface area contributed by atoms with Crippen LogP contribution in [0.5, 0.6) is 5.75 Å². The van der Waals surface area contributed by atoms with Crippen LogP contribution in [0.15, 0.2) is 66.7 Å². The molecule has 35 heavy (non-hydrogen) atoms. The molecule has 3 amide bonds. The molecule has 1 fully saturated rings. The third kappa shape index (κ3) is 3.88. The minimum atomic E-state index is -1.14. The number of nitrogens with zero attached hydrogens (tertiary/aromatic N) is 3. The lowest BCUT2D eigenvalue weighted by atomic mass is 10.0. The minimum Gasteiger partial charge on any atom is -0.497 e. The number of carbonyl (C=O) groups excluding carboxylic acids is 2. The van der Waals surface area contributed by atoms with E-state index in [1.54, 1.807) is 47.2 Å². The van der Waals surface area contributed by atoms with Gasteiger partial charge in [0, 0.05) is 29.6 Å². The molecule has 2 heterocycles. The van der Waals surface area contributed by atoms with Crippen LogP contribution in [0.2, 0.25) is 0 Å². The van der Waals surface area contributed by atoms with Crippen molar-refractivity contribution in [1.82, 2.24) is 4.90 Å². The van der Waals surface area contributed by atoms with Crippen molar-refractivity contribution in [1.29, 1.82) is 5.26 Å². The van der Waals surface area contributed by atoms with Crippen molar-refractivity contribution in [2.45, 2.75) is 18.3 Å². The molecule has 2 aliphatic rings. The van der Waals surface area contributed by atoms with Crippen molar-refractivity contribution in [2.24, 2.45) is 0 Å². The zero-order chi connectivity index (χ0) is 24.6. The topological polar surface area (TPSA) is 85.7 Å². The van der Waals surface area contributed by atoms with Gasteiger partial charge in [-0.1, -0.05) is 35.9 Å². The summed E-state index contributed by atoms with van der Waals surface area (Å²) in [5, 5.41) is 12.2. The first-order valence-corrected chi connectivity index (χ1v) is 12.2. The Morgan fingerprint density at radius 3 is 2.80 bits per heavy atom. The van der Waals surface area contributed by atoms with E-state index in [0.29, 0.717) is 35.8 Å². The van der Waals surface area contributed by atoms with Crippen LogP contribution in [0.25, 0.3) is 0 Å². The number of carbonyl (C=O) groups is 2. The van der Waals surface area contributed by atoms with E-state index in [-0.39, 0.29) is 11.9 Å². The highest BCUT2D eigenvalue weighted by Crippen LogP contribution is 2.54. The number of hydrogen-bond acceptors (Lipinski definition) is 5. The Morgan fingerprint density at radius 2 is 2.00 bits per heavy atom. The van der Waals surface area contributed by atoms with Crippen molar-refractivity contribution >= 4 is 35.1 Å². The molecule has 0 saturated carbocycles. The molecule has 8 heteroatoms. The van der Waals surface area contributed by atoms with E-state index in [1.807, 2.05) is 43.3 Å². The number of nitriles is 1. The third-order valence-corrected chi connectivity index (χ3v) is 7.73. The Labute approximate surface area is 208 Å². The predicted octanol–water partition coefficient (Wildman–Crippen LogP) is 4.86. The summed E-state index contributed by atoms with van der Waals surface area (Å²) in [6, 6.07) is 22.2. The van der Waals surface area contributed by atoms with E-state index in [2.05, 4.69) is 11.4 Å². The number of thioether (sulfide) groups is 1. The summed E-state index contributed by atoms with van der Waals surface area (Å²) >= 11 is 1.49. The number of amides is 3. The number of methoxy groups -OCH3 is 1. The van der Waals surface area contributed by atoms with Crippen LogP contribution in [0.3, 0.4) is 0 Å². The van der Waals surface area contributed by atoms with Crippen LogP contribution in [0.1, 0.15) is 22.3 Å². The molecule has 0 bridgehead atoms. The zero-order valence-electron chi connectivity index (χ0n) is 19.4. The summed E-state index contributed by atoms with van der Waals surface area (Å²) in [6.07, 6.45) is 0. The second-order valence-corrected chi connectivity index (χ2v) is 9.82. The Morgan fingerprint density at radius 1 is 1.17 bits per heavy atom. The van der Waals surface area contributed by atoms with Crippen LogP contribution >= 0.6 is 11.8 Å². The highest BCUT2D eigenvalue weighted by molar-refractivity contribution is 8.01. The first-order valence-electron chi connectivity index (χ1n) is 11.2. The lowest BCUT2D eigenvalue weighted by Gasteiger charge is -2.33. The molecule has 176 valence electrons. The van der Waals surface area contributed by atoms with Gasteiger partial charge in [-0.3, -0.25) is 9.69 Å². The quantitative estimate of drug-likeness (QED) is 0.572. The summed E-state index contributed by atoms with van der Waals surface area (Å²) in [6.45, 7) is 2.74. The molecule has 7 nitrogen and oxygen atoms in total. The zero-order valence-corrected chi connectivity index (χ0v) is 20.3. The second-order valence-electron chi connectivity index (χ2n) is 8.53. The Hall–Kier alpha value is -3.96. The van der Waals surface area contributed by atoms with E-state index >= 15 is 0 Å². The van der Waals surface area contributed by atoms with Gasteiger partial charge in [0.2, 0.25) is 0 Å². The molecule has 1 N–H and O–H groups in total. The fraction of sp³-hybridized carbons (Fsp3) is 0.222. The van der Waals surface area contributed by atoms with Gasteiger partial charge < -0.3 is 15.0 Å². The summed E-state index contributed by atoms with van der Waals surface area (Å²) in [4.78, 5) is 29.9. The standard InChI is InChI=1S/C27H24N4O3S/c1-18-9-10-24-23(13-18)27(25(32)30(24)17-20-6-3-5-19(14-20)16-28)31(11-12-35-27)26(33)29-21-7-4-8-22(15-21)34-2/h3-10,13-15H,11-12,17H2,1-2H3,(H,29,33). The van der Waals surface area contributed by atoms with Crippen LogP contribution < -0.4 is 15.0 Å². The molecule has 1 spiro atoms. The van der Waals surface area contributed by atoms with Gasteiger partial charge in [0.15, 0.2) is 4.87 Å². The summed E-state index contributed by atoms with van der Waals surface area (Å²) < 4.78 is 5.27. The predicted molar refractivity (Wildman–Crippen MR) is 136 cm³/mol. The number of benzene rings is 3. The molecule has 0 radical (unpaired) electrons. The molecule has 1 atom stereocenters. The number of nitrogens with one attached hydrogen (secondary N) is 1. The Kier molecular flexibility index (Phi) is 5.87. The highest BCUT2D eigenvalue weighted by Gasteiger charge is 2.59. The van der Waals surface area contributed by atoms with Crippen LogP contribution in [0, 0.1) is 18.3 Å². The van der Waals surface area contributed by atoms with Crippen molar-refractivity contribution < 1.29 is 14.3 Å². The highest BCUT2D eigenvalue weighted by atomic mass is 32.2. The minimum absolute atomic E-state index is 0.149. The van der Waals surface area contributed by atoms with E-state index < -0.39 is 4.87 Å². The monoisotopic (exact) mass is 484 g/mol. The number of anilines is 2. The number of hydrogen-bond donors (Lipinski definition) is 1. The maximum atomic E-state index is 14.1. The Balaban J connectivity index is 1.52. The van der Waals surface area contributed by atoms with Gasteiger partial charge >= 0.3 is 6.03 Å². The SMILES string of the molecule is COc1cccc(NC(=O)N2CCSC23C(=O)N(Cc2cccc(C#N)c2)c2ccc(C)cc23)c1. The van der Waals surface area contributed by atoms with E-state index in [9.17, 15) is 14.9 Å². The van der Waals surface area contributed by atoms with Gasteiger partial charge in [0.25, 0.3) is 5.91 Å². The molecule has 5 rings (SSSR count).